The van der Waals surface area contributed by atoms with Gasteiger partial charge in [0.15, 0.2) is 6.10 Å². The van der Waals surface area contributed by atoms with Gasteiger partial charge in [-0.1, -0.05) is 6.92 Å². The summed E-state index contributed by atoms with van der Waals surface area (Å²) >= 11 is 0. The number of ether oxygens (including phenoxy) is 1. The topological polar surface area (TPSA) is 81.4 Å². The van der Waals surface area contributed by atoms with Crippen LogP contribution in [0.15, 0.2) is 24.3 Å². The van der Waals surface area contributed by atoms with E-state index in [1.165, 1.54) is 0 Å². The Balaban J connectivity index is 2.61. The number of rotatable bonds is 7. The molecule has 0 radical (unpaired) electrons. The molecule has 1 aromatic carbocycles. The summed E-state index contributed by atoms with van der Waals surface area (Å²) in [6.07, 6.45) is 0.777. The van der Waals surface area contributed by atoms with E-state index in [9.17, 15) is 9.59 Å². The standard InChI is InChI=1S/C13H18N2O3/c1-2-12(13(17)15-8-7-14)18-11-5-3-10(9-16)4-6-11/h3-6,9,12H,2,7-8,14H2,1H3,(H,15,17). The van der Waals surface area contributed by atoms with Crippen molar-refractivity contribution in [2.45, 2.75) is 19.4 Å². The van der Waals surface area contributed by atoms with Crippen LogP contribution < -0.4 is 15.8 Å². The summed E-state index contributed by atoms with van der Waals surface area (Å²) in [4.78, 5) is 22.2. The fraction of sp³-hybridized carbons (Fsp3) is 0.385. The largest absolute Gasteiger partial charge is 0.481 e. The van der Waals surface area contributed by atoms with Gasteiger partial charge in [-0.05, 0) is 30.7 Å². The summed E-state index contributed by atoms with van der Waals surface area (Å²) in [5, 5.41) is 2.68. The van der Waals surface area contributed by atoms with Crippen molar-refractivity contribution in [3.05, 3.63) is 29.8 Å². The highest BCUT2D eigenvalue weighted by molar-refractivity contribution is 5.81. The molecule has 1 unspecified atom stereocenters. The fourth-order valence-electron chi connectivity index (χ4n) is 1.42. The normalized spacial score (nSPS) is 11.7. The van der Waals surface area contributed by atoms with Crippen molar-refractivity contribution in [2.75, 3.05) is 13.1 Å². The summed E-state index contributed by atoms with van der Waals surface area (Å²) in [5.74, 6) is 0.387. The Labute approximate surface area is 106 Å². The molecule has 0 heterocycles. The smallest absolute Gasteiger partial charge is 0.261 e. The van der Waals surface area contributed by atoms with Crippen LogP contribution in [0.2, 0.25) is 0 Å². The van der Waals surface area contributed by atoms with Crippen LogP contribution in [-0.2, 0) is 4.79 Å². The molecule has 0 aliphatic carbocycles. The highest BCUT2D eigenvalue weighted by atomic mass is 16.5. The zero-order chi connectivity index (χ0) is 13.4. The Bertz CT molecular complexity index is 390. The van der Waals surface area contributed by atoms with Gasteiger partial charge in [-0.2, -0.15) is 0 Å². The molecule has 98 valence electrons. The van der Waals surface area contributed by atoms with Gasteiger partial charge >= 0.3 is 0 Å². The second kappa shape index (κ2) is 7.45. The maximum Gasteiger partial charge on any atom is 0.261 e. The number of amides is 1. The van der Waals surface area contributed by atoms with Crippen molar-refractivity contribution >= 4 is 12.2 Å². The average molecular weight is 250 g/mol. The molecule has 0 aliphatic heterocycles. The van der Waals surface area contributed by atoms with E-state index in [2.05, 4.69) is 5.32 Å². The van der Waals surface area contributed by atoms with Crippen molar-refractivity contribution in [1.29, 1.82) is 0 Å². The maximum atomic E-state index is 11.7. The van der Waals surface area contributed by atoms with Crippen molar-refractivity contribution in [1.82, 2.24) is 5.32 Å². The Kier molecular flexibility index (Phi) is 5.87. The third-order valence-electron chi connectivity index (χ3n) is 2.40. The van der Waals surface area contributed by atoms with Crippen LogP contribution in [-0.4, -0.2) is 31.4 Å². The number of nitrogens with one attached hydrogen (secondary N) is 1. The first-order chi connectivity index (χ1) is 8.71. The van der Waals surface area contributed by atoms with E-state index in [4.69, 9.17) is 10.5 Å². The molecule has 0 saturated carbocycles. The lowest BCUT2D eigenvalue weighted by molar-refractivity contribution is -0.128. The van der Waals surface area contributed by atoms with Gasteiger partial charge in [0.2, 0.25) is 0 Å². The molecule has 0 aromatic heterocycles. The first-order valence-corrected chi connectivity index (χ1v) is 5.91. The third kappa shape index (κ3) is 4.18. The number of carbonyl (C=O) groups is 2. The first kappa shape index (κ1) is 14.2. The van der Waals surface area contributed by atoms with Gasteiger partial charge in [-0.3, -0.25) is 9.59 Å². The van der Waals surface area contributed by atoms with E-state index in [1.807, 2.05) is 6.92 Å². The van der Waals surface area contributed by atoms with E-state index in [-0.39, 0.29) is 5.91 Å². The van der Waals surface area contributed by atoms with E-state index < -0.39 is 6.10 Å². The second-order valence-corrected chi connectivity index (χ2v) is 3.78. The van der Waals surface area contributed by atoms with Crippen LogP contribution in [0, 0.1) is 0 Å². The second-order valence-electron chi connectivity index (χ2n) is 3.78. The highest BCUT2D eigenvalue weighted by Gasteiger charge is 2.17. The zero-order valence-electron chi connectivity index (χ0n) is 10.4. The number of hydrogen-bond donors (Lipinski definition) is 2. The predicted octanol–water partition coefficient (Wildman–Crippen LogP) is 0.731. The molecule has 1 aromatic rings. The lowest BCUT2D eigenvalue weighted by Crippen LogP contribution is -2.40. The molecule has 5 nitrogen and oxygen atoms in total. The molecule has 0 bridgehead atoms. The van der Waals surface area contributed by atoms with Crippen LogP contribution in [0.3, 0.4) is 0 Å². The van der Waals surface area contributed by atoms with E-state index >= 15 is 0 Å². The van der Waals surface area contributed by atoms with Gasteiger partial charge in [0.25, 0.3) is 5.91 Å². The van der Waals surface area contributed by atoms with Gasteiger partial charge in [0, 0.05) is 18.7 Å². The predicted molar refractivity (Wildman–Crippen MR) is 68.6 cm³/mol. The van der Waals surface area contributed by atoms with Gasteiger partial charge in [0.05, 0.1) is 0 Å². The van der Waals surface area contributed by atoms with Gasteiger partial charge in [0.1, 0.15) is 12.0 Å². The van der Waals surface area contributed by atoms with Gasteiger partial charge in [-0.25, -0.2) is 0 Å². The lowest BCUT2D eigenvalue weighted by Gasteiger charge is -2.17. The lowest BCUT2D eigenvalue weighted by atomic mass is 10.2. The molecule has 0 spiro atoms. The van der Waals surface area contributed by atoms with Crippen molar-refractivity contribution < 1.29 is 14.3 Å². The summed E-state index contributed by atoms with van der Waals surface area (Å²) in [7, 11) is 0. The summed E-state index contributed by atoms with van der Waals surface area (Å²) in [6, 6.07) is 6.63. The number of hydrogen-bond acceptors (Lipinski definition) is 4. The quantitative estimate of drug-likeness (QED) is 0.699. The average Bonchev–Trinajstić information content (AvgIpc) is 2.42. The Morgan fingerprint density at radius 2 is 2.11 bits per heavy atom. The van der Waals surface area contributed by atoms with E-state index in [0.29, 0.717) is 30.8 Å². The van der Waals surface area contributed by atoms with E-state index in [1.54, 1.807) is 24.3 Å². The third-order valence-corrected chi connectivity index (χ3v) is 2.40. The summed E-state index contributed by atoms with van der Waals surface area (Å²) in [5.41, 5.74) is 5.89. The summed E-state index contributed by atoms with van der Waals surface area (Å²) < 4.78 is 5.55. The molecular weight excluding hydrogens is 232 g/mol. The highest BCUT2D eigenvalue weighted by Crippen LogP contribution is 2.14. The Hall–Kier alpha value is -1.88. The number of benzene rings is 1. The van der Waals surface area contributed by atoms with Crippen LogP contribution >= 0.6 is 0 Å². The Morgan fingerprint density at radius 3 is 2.61 bits per heavy atom. The molecule has 0 saturated heterocycles. The van der Waals surface area contributed by atoms with Crippen LogP contribution in [0.25, 0.3) is 0 Å². The van der Waals surface area contributed by atoms with Gasteiger partial charge < -0.3 is 15.8 Å². The monoisotopic (exact) mass is 250 g/mol. The molecule has 1 atom stereocenters. The van der Waals surface area contributed by atoms with Crippen molar-refractivity contribution in [3.8, 4) is 5.75 Å². The van der Waals surface area contributed by atoms with Gasteiger partial charge in [-0.15, -0.1) is 0 Å². The first-order valence-electron chi connectivity index (χ1n) is 5.91. The minimum absolute atomic E-state index is 0.178. The van der Waals surface area contributed by atoms with Crippen LogP contribution in [0.1, 0.15) is 23.7 Å². The maximum absolute atomic E-state index is 11.7. The fourth-order valence-corrected chi connectivity index (χ4v) is 1.42. The minimum atomic E-state index is -0.543. The minimum Gasteiger partial charge on any atom is -0.481 e. The molecule has 1 rings (SSSR count). The van der Waals surface area contributed by atoms with Crippen molar-refractivity contribution in [2.24, 2.45) is 5.73 Å². The molecule has 0 aliphatic rings. The summed E-state index contributed by atoms with van der Waals surface area (Å²) in [6.45, 7) is 2.70. The van der Waals surface area contributed by atoms with Crippen LogP contribution in [0.5, 0.6) is 5.75 Å². The number of nitrogens with two attached hydrogens (primary N) is 1. The SMILES string of the molecule is CCC(Oc1ccc(C=O)cc1)C(=O)NCCN. The van der Waals surface area contributed by atoms with E-state index in [0.717, 1.165) is 6.29 Å². The van der Waals surface area contributed by atoms with Crippen molar-refractivity contribution in [3.63, 3.8) is 0 Å². The molecule has 1 amide bonds. The van der Waals surface area contributed by atoms with Crippen LogP contribution in [0.4, 0.5) is 0 Å². The molecule has 5 heteroatoms. The number of aldehydes is 1. The zero-order valence-corrected chi connectivity index (χ0v) is 10.4. The molecule has 3 N–H and O–H groups in total. The molecule has 0 fully saturated rings. The number of carbonyl (C=O) groups excluding carboxylic acids is 2. The Morgan fingerprint density at radius 1 is 1.44 bits per heavy atom. The molecule has 18 heavy (non-hydrogen) atoms. The molecular formula is C13H18N2O3.